The summed E-state index contributed by atoms with van der Waals surface area (Å²) in [6, 6.07) is 24.3. The molecule has 3 aromatic carbocycles. The summed E-state index contributed by atoms with van der Waals surface area (Å²) in [5.74, 6) is 0. The molecule has 0 aliphatic carbocycles. The maximum Gasteiger partial charge on any atom is -0.0143 e. The van der Waals surface area contributed by atoms with Crippen molar-refractivity contribution in [2.45, 2.75) is 33.6 Å². The lowest BCUT2D eigenvalue weighted by Gasteiger charge is -2.16. The van der Waals surface area contributed by atoms with Gasteiger partial charge in [-0.25, -0.2) is 0 Å². The van der Waals surface area contributed by atoms with Gasteiger partial charge in [-0.15, -0.1) is 0 Å². The fraction of sp³-hybridized carbons (Fsp3) is 0.217. The minimum atomic E-state index is 1.10. The van der Waals surface area contributed by atoms with Gasteiger partial charge in [0, 0.05) is 0 Å². The van der Waals surface area contributed by atoms with Crippen LogP contribution >= 0.6 is 0 Å². The van der Waals surface area contributed by atoms with E-state index in [-0.39, 0.29) is 0 Å². The van der Waals surface area contributed by atoms with E-state index >= 15 is 0 Å². The van der Waals surface area contributed by atoms with Gasteiger partial charge in [0.1, 0.15) is 0 Å². The van der Waals surface area contributed by atoms with Gasteiger partial charge in [-0.3, -0.25) is 0 Å². The largest absolute Gasteiger partial charge is 0.0651 e. The maximum atomic E-state index is 2.27. The van der Waals surface area contributed by atoms with Crippen LogP contribution in [0.2, 0.25) is 0 Å². The van der Waals surface area contributed by atoms with Gasteiger partial charge in [-0.2, -0.15) is 0 Å². The molecule has 0 aromatic heterocycles. The van der Waals surface area contributed by atoms with Crippen molar-refractivity contribution in [2.75, 3.05) is 0 Å². The molecule has 0 heterocycles. The smallest absolute Gasteiger partial charge is 0.0143 e. The molecule has 23 heavy (non-hydrogen) atoms. The molecule has 0 radical (unpaired) electrons. The lowest BCUT2D eigenvalue weighted by molar-refractivity contribution is 0.925. The van der Waals surface area contributed by atoms with Crippen molar-refractivity contribution in [1.29, 1.82) is 0 Å². The first-order valence-corrected chi connectivity index (χ1v) is 8.45. The molecule has 3 aromatic rings. The first-order chi connectivity index (χ1) is 11.2. The topological polar surface area (TPSA) is 0 Å². The van der Waals surface area contributed by atoms with E-state index in [9.17, 15) is 0 Å². The van der Waals surface area contributed by atoms with Crippen molar-refractivity contribution in [3.05, 3.63) is 83.4 Å². The van der Waals surface area contributed by atoms with E-state index < -0.39 is 0 Å². The summed E-state index contributed by atoms with van der Waals surface area (Å²) in [7, 11) is 0. The molecule has 0 spiro atoms. The molecule has 0 saturated heterocycles. The molecule has 0 nitrogen and oxygen atoms in total. The summed E-state index contributed by atoms with van der Waals surface area (Å²) >= 11 is 0. The van der Waals surface area contributed by atoms with Gasteiger partial charge < -0.3 is 0 Å². The number of hydrogen-bond donors (Lipinski definition) is 0. The van der Waals surface area contributed by atoms with Crippen molar-refractivity contribution in [3.8, 4) is 22.3 Å². The lowest BCUT2D eigenvalue weighted by atomic mass is 9.88. The molecule has 0 bridgehead atoms. The van der Waals surface area contributed by atoms with Gasteiger partial charge in [0.05, 0.1) is 0 Å². The number of hydrogen-bond acceptors (Lipinski definition) is 0. The fourth-order valence-corrected chi connectivity index (χ4v) is 3.24. The third-order valence-electron chi connectivity index (χ3n) is 4.47. The molecule has 0 aliphatic heterocycles. The monoisotopic (exact) mass is 300 g/mol. The molecular formula is C23H24. The Balaban J connectivity index is 2.20. The third kappa shape index (κ3) is 3.22. The normalized spacial score (nSPS) is 10.7. The quantitative estimate of drug-likeness (QED) is 0.510. The van der Waals surface area contributed by atoms with Crippen LogP contribution in [-0.2, 0) is 6.42 Å². The van der Waals surface area contributed by atoms with E-state index in [0.29, 0.717) is 0 Å². The molecule has 0 saturated carbocycles. The maximum absolute atomic E-state index is 2.27. The Morgan fingerprint density at radius 2 is 1.30 bits per heavy atom. The minimum absolute atomic E-state index is 1.10. The van der Waals surface area contributed by atoms with Crippen LogP contribution < -0.4 is 0 Å². The Kier molecular flexibility index (Phi) is 4.62. The standard InChI is InChI=1S/C23H24/c1-4-8-22-21(19-15-13-17(2)14-16-19)11-7-12-23(22)20-10-6-5-9-18(20)3/h5-7,9-16H,4,8H2,1-3H3. The van der Waals surface area contributed by atoms with Crippen LogP contribution in [0.5, 0.6) is 0 Å². The van der Waals surface area contributed by atoms with Crippen molar-refractivity contribution >= 4 is 0 Å². The average Bonchev–Trinajstić information content (AvgIpc) is 2.57. The molecule has 0 unspecified atom stereocenters. The predicted molar refractivity (Wildman–Crippen MR) is 101 cm³/mol. The summed E-state index contributed by atoms with van der Waals surface area (Å²) < 4.78 is 0. The second-order valence-electron chi connectivity index (χ2n) is 6.26. The van der Waals surface area contributed by atoms with Gasteiger partial charge in [0.15, 0.2) is 0 Å². The van der Waals surface area contributed by atoms with Crippen molar-refractivity contribution in [3.63, 3.8) is 0 Å². The Labute approximate surface area is 139 Å². The summed E-state index contributed by atoms with van der Waals surface area (Å²) in [4.78, 5) is 0. The van der Waals surface area contributed by atoms with Gasteiger partial charge in [0.25, 0.3) is 0 Å². The summed E-state index contributed by atoms with van der Waals surface area (Å²) in [6.07, 6.45) is 2.26. The molecule has 3 rings (SSSR count). The number of aryl methyl sites for hydroxylation is 2. The van der Waals surface area contributed by atoms with Gasteiger partial charge in [0.2, 0.25) is 0 Å². The summed E-state index contributed by atoms with van der Waals surface area (Å²) in [6.45, 7) is 6.59. The zero-order valence-corrected chi connectivity index (χ0v) is 14.3. The van der Waals surface area contributed by atoms with Crippen molar-refractivity contribution in [1.82, 2.24) is 0 Å². The highest BCUT2D eigenvalue weighted by Gasteiger charge is 2.12. The fourth-order valence-electron chi connectivity index (χ4n) is 3.24. The van der Waals surface area contributed by atoms with E-state index in [1.54, 1.807) is 0 Å². The van der Waals surface area contributed by atoms with Crippen molar-refractivity contribution in [2.24, 2.45) is 0 Å². The van der Waals surface area contributed by atoms with Crippen molar-refractivity contribution < 1.29 is 0 Å². The highest BCUT2D eigenvalue weighted by atomic mass is 14.2. The van der Waals surface area contributed by atoms with E-state index in [0.717, 1.165) is 12.8 Å². The number of benzene rings is 3. The molecule has 0 heteroatoms. The predicted octanol–water partition coefficient (Wildman–Crippen LogP) is 6.59. The second kappa shape index (κ2) is 6.83. The lowest BCUT2D eigenvalue weighted by Crippen LogP contribution is -1.95. The van der Waals surface area contributed by atoms with Gasteiger partial charge in [-0.05, 0) is 53.6 Å². The molecule has 0 aliphatic rings. The average molecular weight is 300 g/mol. The van der Waals surface area contributed by atoms with Crippen LogP contribution in [-0.4, -0.2) is 0 Å². The van der Waals surface area contributed by atoms with Crippen LogP contribution in [0, 0.1) is 13.8 Å². The zero-order chi connectivity index (χ0) is 16.2. The SMILES string of the molecule is CCCc1c(-c2ccc(C)cc2)cccc1-c1ccccc1C. The second-order valence-corrected chi connectivity index (χ2v) is 6.26. The zero-order valence-electron chi connectivity index (χ0n) is 14.3. The molecule has 0 fully saturated rings. The van der Waals surface area contributed by atoms with Crippen LogP contribution in [0.1, 0.15) is 30.0 Å². The van der Waals surface area contributed by atoms with Gasteiger partial charge in [-0.1, -0.05) is 85.6 Å². The van der Waals surface area contributed by atoms with Crippen LogP contribution in [0.15, 0.2) is 66.7 Å². The summed E-state index contributed by atoms with van der Waals surface area (Å²) in [5, 5.41) is 0. The third-order valence-corrected chi connectivity index (χ3v) is 4.47. The van der Waals surface area contributed by atoms with E-state index in [4.69, 9.17) is 0 Å². The first-order valence-electron chi connectivity index (χ1n) is 8.45. The molecule has 0 N–H and O–H groups in total. The van der Waals surface area contributed by atoms with E-state index in [1.807, 2.05) is 0 Å². The molecular weight excluding hydrogens is 276 g/mol. The molecule has 0 atom stereocenters. The molecule has 116 valence electrons. The minimum Gasteiger partial charge on any atom is -0.0651 e. The Hall–Kier alpha value is -2.34. The Bertz CT molecular complexity index is 795. The highest BCUT2D eigenvalue weighted by Crippen LogP contribution is 2.34. The van der Waals surface area contributed by atoms with Gasteiger partial charge >= 0.3 is 0 Å². The van der Waals surface area contributed by atoms with Crippen LogP contribution in [0.25, 0.3) is 22.3 Å². The Morgan fingerprint density at radius 3 is 2.00 bits per heavy atom. The first kappa shape index (κ1) is 15.6. The van der Waals surface area contributed by atoms with Crippen LogP contribution in [0.4, 0.5) is 0 Å². The Morgan fingerprint density at radius 1 is 0.652 bits per heavy atom. The number of rotatable bonds is 4. The highest BCUT2D eigenvalue weighted by molar-refractivity contribution is 5.80. The van der Waals surface area contributed by atoms with E-state index in [2.05, 4.69) is 87.5 Å². The summed E-state index contributed by atoms with van der Waals surface area (Å²) in [5.41, 5.74) is 9.52. The van der Waals surface area contributed by atoms with E-state index in [1.165, 1.54) is 38.9 Å². The molecule has 0 amide bonds. The van der Waals surface area contributed by atoms with Crippen LogP contribution in [0.3, 0.4) is 0 Å².